The second-order valence-electron chi connectivity index (χ2n) is 2.41. The SMILES string of the molecule is O=NC(=O)C1CC=CCC1. The van der Waals surface area contributed by atoms with Crippen LogP contribution in [-0.4, -0.2) is 5.91 Å². The Bertz CT molecular complexity index is 174. The van der Waals surface area contributed by atoms with Gasteiger partial charge in [-0.25, -0.2) is 0 Å². The molecule has 3 heteroatoms. The first kappa shape index (κ1) is 7.12. The standard InChI is InChI=1S/C7H9NO2/c9-7(8-10)6-4-2-1-3-5-6/h1-2,6H,3-5H2. The van der Waals surface area contributed by atoms with Crippen LogP contribution < -0.4 is 0 Å². The summed E-state index contributed by atoms with van der Waals surface area (Å²) < 4.78 is 0. The van der Waals surface area contributed by atoms with Crippen LogP contribution in [0.2, 0.25) is 0 Å². The lowest BCUT2D eigenvalue weighted by Gasteiger charge is -2.10. The molecule has 1 aliphatic carbocycles. The Labute approximate surface area is 59.1 Å². The molecule has 0 saturated carbocycles. The first-order valence-electron chi connectivity index (χ1n) is 3.37. The van der Waals surface area contributed by atoms with Crippen molar-refractivity contribution in [3.63, 3.8) is 0 Å². The molecule has 54 valence electrons. The smallest absolute Gasteiger partial charge is 0.269 e. The highest BCUT2D eigenvalue weighted by Gasteiger charge is 2.18. The van der Waals surface area contributed by atoms with Crippen molar-refractivity contribution in [2.24, 2.45) is 11.1 Å². The van der Waals surface area contributed by atoms with Gasteiger partial charge in [0.25, 0.3) is 5.91 Å². The Morgan fingerprint density at radius 2 is 2.30 bits per heavy atom. The summed E-state index contributed by atoms with van der Waals surface area (Å²) in [5.41, 5.74) is 0. The average molecular weight is 139 g/mol. The summed E-state index contributed by atoms with van der Waals surface area (Å²) >= 11 is 0. The number of nitroso groups, excluding NO2 is 1. The third kappa shape index (κ3) is 1.50. The van der Waals surface area contributed by atoms with Gasteiger partial charge in [-0.1, -0.05) is 12.2 Å². The Hall–Kier alpha value is -0.990. The quantitative estimate of drug-likeness (QED) is 0.409. The van der Waals surface area contributed by atoms with Crippen molar-refractivity contribution >= 4 is 5.91 Å². The monoisotopic (exact) mass is 139 g/mol. The van der Waals surface area contributed by atoms with Gasteiger partial charge in [0, 0.05) is 11.1 Å². The minimum atomic E-state index is -0.496. The molecule has 1 unspecified atom stereocenters. The van der Waals surface area contributed by atoms with Gasteiger partial charge in [-0.3, -0.25) is 4.79 Å². The van der Waals surface area contributed by atoms with Gasteiger partial charge in [0.15, 0.2) is 0 Å². The number of rotatable bonds is 1. The van der Waals surface area contributed by atoms with Crippen molar-refractivity contribution in [3.8, 4) is 0 Å². The number of hydrogen-bond acceptors (Lipinski definition) is 2. The van der Waals surface area contributed by atoms with Crippen LogP contribution in [0.15, 0.2) is 17.3 Å². The van der Waals surface area contributed by atoms with Crippen LogP contribution in [0.4, 0.5) is 0 Å². The van der Waals surface area contributed by atoms with E-state index in [4.69, 9.17) is 0 Å². The molecular weight excluding hydrogens is 130 g/mol. The molecule has 0 aromatic rings. The van der Waals surface area contributed by atoms with Gasteiger partial charge in [0.2, 0.25) is 0 Å². The molecule has 0 aromatic heterocycles. The van der Waals surface area contributed by atoms with E-state index < -0.39 is 5.91 Å². The third-order valence-corrected chi connectivity index (χ3v) is 1.71. The van der Waals surface area contributed by atoms with E-state index >= 15 is 0 Å². The molecule has 0 spiro atoms. The van der Waals surface area contributed by atoms with E-state index in [2.05, 4.69) is 5.18 Å². The van der Waals surface area contributed by atoms with Gasteiger partial charge in [0.05, 0.1) is 0 Å². The van der Waals surface area contributed by atoms with E-state index in [9.17, 15) is 9.70 Å². The van der Waals surface area contributed by atoms with Crippen LogP contribution in [0.3, 0.4) is 0 Å². The Balaban J connectivity index is 2.49. The number of nitrogens with zero attached hydrogens (tertiary/aromatic N) is 1. The summed E-state index contributed by atoms with van der Waals surface area (Å²) in [6.07, 6.45) is 6.31. The number of allylic oxidation sites excluding steroid dienone is 2. The highest BCUT2D eigenvalue weighted by atomic mass is 16.3. The van der Waals surface area contributed by atoms with Gasteiger partial charge in [-0.05, 0) is 19.3 Å². The molecule has 0 radical (unpaired) electrons. The molecule has 1 aliphatic rings. The maximum absolute atomic E-state index is 10.7. The summed E-state index contributed by atoms with van der Waals surface area (Å²) in [7, 11) is 0. The highest BCUT2D eigenvalue weighted by Crippen LogP contribution is 2.18. The summed E-state index contributed by atoms with van der Waals surface area (Å²) in [4.78, 5) is 20.4. The predicted molar refractivity (Wildman–Crippen MR) is 37.3 cm³/mol. The summed E-state index contributed by atoms with van der Waals surface area (Å²) in [6.45, 7) is 0. The predicted octanol–water partition coefficient (Wildman–Crippen LogP) is 1.64. The molecule has 0 saturated heterocycles. The normalized spacial score (nSPS) is 24.2. The first-order chi connectivity index (χ1) is 4.84. The van der Waals surface area contributed by atoms with Crippen molar-refractivity contribution in [2.45, 2.75) is 19.3 Å². The fraction of sp³-hybridized carbons (Fsp3) is 0.571. The fourth-order valence-electron chi connectivity index (χ4n) is 1.09. The fourth-order valence-corrected chi connectivity index (χ4v) is 1.09. The maximum atomic E-state index is 10.7. The number of hydrogen-bond donors (Lipinski definition) is 0. The molecule has 0 heterocycles. The molecule has 1 rings (SSSR count). The van der Waals surface area contributed by atoms with Gasteiger partial charge in [-0.15, -0.1) is 4.91 Å². The maximum Gasteiger partial charge on any atom is 0.289 e. The van der Waals surface area contributed by atoms with E-state index in [1.54, 1.807) is 0 Å². The van der Waals surface area contributed by atoms with E-state index in [1.165, 1.54) is 0 Å². The van der Waals surface area contributed by atoms with E-state index in [1.807, 2.05) is 12.2 Å². The molecule has 10 heavy (non-hydrogen) atoms. The van der Waals surface area contributed by atoms with Crippen LogP contribution in [0.25, 0.3) is 0 Å². The van der Waals surface area contributed by atoms with E-state index in [0.717, 1.165) is 12.8 Å². The van der Waals surface area contributed by atoms with Crippen molar-refractivity contribution in [1.82, 2.24) is 0 Å². The molecule has 0 aromatic carbocycles. The first-order valence-corrected chi connectivity index (χ1v) is 3.37. The number of carbonyl (C=O) groups is 1. The minimum Gasteiger partial charge on any atom is -0.269 e. The zero-order valence-corrected chi connectivity index (χ0v) is 5.62. The Kier molecular flexibility index (Phi) is 2.31. The van der Waals surface area contributed by atoms with Crippen LogP contribution in [-0.2, 0) is 4.79 Å². The van der Waals surface area contributed by atoms with Crippen LogP contribution >= 0.6 is 0 Å². The topological polar surface area (TPSA) is 46.5 Å². The van der Waals surface area contributed by atoms with Gasteiger partial charge in [0.1, 0.15) is 0 Å². The van der Waals surface area contributed by atoms with E-state index in [0.29, 0.717) is 6.42 Å². The van der Waals surface area contributed by atoms with Crippen molar-refractivity contribution in [1.29, 1.82) is 0 Å². The largest absolute Gasteiger partial charge is 0.289 e. The lowest BCUT2D eigenvalue weighted by Crippen LogP contribution is -2.12. The van der Waals surface area contributed by atoms with Gasteiger partial charge >= 0.3 is 0 Å². The zero-order valence-electron chi connectivity index (χ0n) is 5.62. The molecule has 1 atom stereocenters. The molecule has 0 bridgehead atoms. The molecule has 0 N–H and O–H groups in total. The van der Waals surface area contributed by atoms with Crippen LogP contribution in [0.1, 0.15) is 19.3 Å². The van der Waals surface area contributed by atoms with Gasteiger partial charge < -0.3 is 0 Å². The average Bonchev–Trinajstić information content (AvgIpc) is 2.05. The molecular formula is C7H9NO2. The van der Waals surface area contributed by atoms with Gasteiger partial charge in [-0.2, -0.15) is 0 Å². The Morgan fingerprint density at radius 1 is 1.50 bits per heavy atom. The lowest BCUT2D eigenvalue weighted by molar-refractivity contribution is -0.121. The molecule has 3 nitrogen and oxygen atoms in total. The summed E-state index contributed by atoms with van der Waals surface area (Å²) in [6, 6.07) is 0. The van der Waals surface area contributed by atoms with E-state index in [-0.39, 0.29) is 5.92 Å². The Morgan fingerprint density at radius 3 is 2.80 bits per heavy atom. The lowest BCUT2D eigenvalue weighted by atomic mass is 9.94. The zero-order chi connectivity index (χ0) is 7.40. The second kappa shape index (κ2) is 3.25. The molecule has 0 aliphatic heterocycles. The summed E-state index contributed by atoms with van der Waals surface area (Å²) in [5, 5.41) is 2.39. The van der Waals surface area contributed by atoms with Crippen LogP contribution in [0, 0.1) is 10.8 Å². The summed E-state index contributed by atoms with van der Waals surface area (Å²) in [5.74, 6) is -0.633. The number of amides is 1. The third-order valence-electron chi connectivity index (χ3n) is 1.71. The number of carbonyl (C=O) groups excluding carboxylic acids is 1. The van der Waals surface area contributed by atoms with Crippen molar-refractivity contribution in [2.75, 3.05) is 0 Å². The highest BCUT2D eigenvalue weighted by molar-refractivity contribution is 5.79. The second-order valence-corrected chi connectivity index (χ2v) is 2.41. The minimum absolute atomic E-state index is 0.137. The molecule has 1 amide bonds. The van der Waals surface area contributed by atoms with Crippen LogP contribution in [0.5, 0.6) is 0 Å². The van der Waals surface area contributed by atoms with Crippen molar-refractivity contribution in [3.05, 3.63) is 17.1 Å². The van der Waals surface area contributed by atoms with Crippen molar-refractivity contribution < 1.29 is 4.79 Å². The molecule has 0 fully saturated rings.